The van der Waals surface area contributed by atoms with Crippen LogP contribution in [0.1, 0.15) is 44.2 Å². The van der Waals surface area contributed by atoms with E-state index >= 15 is 0 Å². The Labute approximate surface area is 118 Å². The highest BCUT2D eigenvalue weighted by Gasteiger charge is 2.48. The molecule has 108 valence electrons. The molecule has 0 aromatic heterocycles. The van der Waals surface area contributed by atoms with Crippen molar-refractivity contribution in [2.75, 3.05) is 0 Å². The Bertz CT molecular complexity index is 495. The molecule has 4 N–H and O–H groups in total. The highest BCUT2D eigenvalue weighted by Crippen LogP contribution is 2.42. The molecule has 0 saturated heterocycles. The molecule has 1 aliphatic carbocycles. The number of nitrogens with two attached hydrogens (primary N) is 1. The number of carbonyl (C=O) groups excluding carboxylic acids is 1. The molecule has 1 amide bonds. The fourth-order valence-electron chi connectivity index (χ4n) is 2.63. The Balaban J connectivity index is 2.14. The molecule has 2 rings (SSSR count). The molecular weight excluding hydrogens is 254 g/mol. The second kappa shape index (κ2) is 5.94. The van der Waals surface area contributed by atoms with E-state index in [1.807, 2.05) is 37.3 Å². The Morgan fingerprint density at radius 2 is 2.10 bits per heavy atom. The minimum Gasteiger partial charge on any atom is -0.409 e. The molecule has 1 atom stereocenters. The van der Waals surface area contributed by atoms with Gasteiger partial charge >= 0.3 is 0 Å². The monoisotopic (exact) mass is 275 g/mol. The number of nitrogens with zero attached hydrogens (tertiary/aromatic N) is 1. The number of oxime groups is 1. The highest BCUT2D eigenvalue weighted by atomic mass is 16.4. The van der Waals surface area contributed by atoms with Crippen LogP contribution in [0.15, 0.2) is 35.5 Å². The third-order valence-electron chi connectivity index (χ3n) is 4.16. The minimum absolute atomic E-state index is 0.0177. The van der Waals surface area contributed by atoms with Crippen molar-refractivity contribution in [2.24, 2.45) is 16.3 Å². The van der Waals surface area contributed by atoms with Gasteiger partial charge in [-0.05, 0) is 24.8 Å². The molecule has 0 spiro atoms. The number of benzene rings is 1. The van der Waals surface area contributed by atoms with Crippen LogP contribution in [0.2, 0.25) is 0 Å². The van der Waals surface area contributed by atoms with E-state index < -0.39 is 5.41 Å². The van der Waals surface area contributed by atoms with Crippen molar-refractivity contribution in [3.63, 3.8) is 0 Å². The zero-order valence-electron chi connectivity index (χ0n) is 11.7. The number of amidine groups is 1. The van der Waals surface area contributed by atoms with E-state index in [0.717, 1.165) is 18.4 Å². The molecule has 0 radical (unpaired) electrons. The highest BCUT2D eigenvalue weighted by molar-refractivity contribution is 6.07. The summed E-state index contributed by atoms with van der Waals surface area (Å²) in [5, 5.41) is 14.9. The summed E-state index contributed by atoms with van der Waals surface area (Å²) in [7, 11) is 0. The topological polar surface area (TPSA) is 87.7 Å². The predicted molar refractivity (Wildman–Crippen MR) is 77.3 cm³/mol. The molecule has 0 aliphatic heterocycles. The molecular formula is C15H21N3O2. The fourth-order valence-corrected chi connectivity index (χ4v) is 2.63. The van der Waals surface area contributed by atoms with E-state index in [1.54, 1.807) is 0 Å². The van der Waals surface area contributed by atoms with Crippen LogP contribution in [0, 0.1) is 5.41 Å². The molecule has 0 heterocycles. The third kappa shape index (κ3) is 2.48. The zero-order valence-corrected chi connectivity index (χ0v) is 11.7. The quantitative estimate of drug-likeness (QED) is 0.333. The van der Waals surface area contributed by atoms with E-state index in [2.05, 4.69) is 10.5 Å². The van der Waals surface area contributed by atoms with Gasteiger partial charge in [-0.3, -0.25) is 4.79 Å². The van der Waals surface area contributed by atoms with E-state index in [1.165, 1.54) is 0 Å². The van der Waals surface area contributed by atoms with Gasteiger partial charge in [-0.1, -0.05) is 48.8 Å². The molecule has 1 saturated carbocycles. The summed E-state index contributed by atoms with van der Waals surface area (Å²) >= 11 is 0. The van der Waals surface area contributed by atoms with Gasteiger partial charge < -0.3 is 16.3 Å². The predicted octanol–water partition coefficient (Wildman–Crippen LogP) is 2.17. The van der Waals surface area contributed by atoms with Crippen molar-refractivity contribution in [2.45, 2.75) is 38.6 Å². The molecule has 5 heteroatoms. The molecule has 1 fully saturated rings. The van der Waals surface area contributed by atoms with Crippen LogP contribution in [-0.2, 0) is 4.79 Å². The standard InChI is InChI=1S/C15H21N3O2/c1-2-12(11-7-4-3-5-8-11)17-14(19)15(9-6-10-15)13(16)18-20/h3-5,7-8,12,20H,2,6,9-10H2,1H3,(H2,16,18)(H,17,19). The number of carbonyl (C=O) groups is 1. The van der Waals surface area contributed by atoms with Crippen molar-refractivity contribution in [3.05, 3.63) is 35.9 Å². The molecule has 1 unspecified atom stereocenters. The Kier molecular flexibility index (Phi) is 4.27. The maximum absolute atomic E-state index is 12.5. The van der Waals surface area contributed by atoms with Crippen LogP contribution < -0.4 is 11.1 Å². The number of hydrogen-bond donors (Lipinski definition) is 3. The van der Waals surface area contributed by atoms with Crippen molar-refractivity contribution in [3.8, 4) is 0 Å². The number of rotatable bonds is 5. The van der Waals surface area contributed by atoms with Crippen LogP contribution in [0.5, 0.6) is 0 Å². The molecule has 1 aromatic rings. The lowest BCUT2D eigenvalue weighted by Crippen LogP contribution is -2.54. The molecule has 1 aromatic carbocycles. The Morgan fingerprint density at radius 3 is 2.55 bits per heavy atom. The van der Waals surface area contributed by atoms with Crippen molar-refractivity contribution >= 4 is 11.7 Å². The summed E-state index contributed by atoms with van der Waals surface area (Å²) in [6.07, 6.45) is 2.99. The third-order valence-corrected chi connectivity index (χ3v) is 4.16. The van der Waals surface area contributed by atoms with Crippen LogP contribution in [0.4, 0.5) is 0 Å². The van der Waals surface area contributed by atoms with Gasteiger partial charge in [-0.15, -0.1) is 0 Å². The average Bonchev–Trinajstić information content (AvgIpc) is 2.44. The summed E-state index contributed by atoms with van der Waals surface area (Å²) in [6.45, 7) is 2.02. The number of hydrogen-bond acceptors (Lipinski definition) is 3. The van der Waals surface area contributed by atoms with Gasteiger partial charge in [0.05, 0.1) is 6.04 Å². The van der Waals surface area contributed by atoms with Crippen molar-refractivity contribution in [1.82, 2.24) is 5.32 Å². The first-order valence-corrected chi connectivity index (χ1v) is 6.98. The maximum Gasteiger partial charge on any atom is 0.234 e. The average molecular weight is 275 g/mol. The summed E-state index contributed by atoms with van der Waals surface area (Å²) in [6, 6.07) is 9.78. The van der Waals surface area contributed by atoms with Crippen LogP contribution in [0.25, 0.3) is 0 Å². The molecule has 1 aliphatic rings. The molecule has 5 nitrogen and oxygen atoms in total. The zero-order chi connectivity index (χ0) is 14.6. The van der Waals surface area contributed by atoms with Gasteiger partial charge in [0, 0.05) is 0 Å². The fraction of sp³-hybridized carbons (Fsp3) is 0.467. The van der Waals surface area contributed by atoms with Gasteiger partial charge in [0.1, 0.15) is 5.41 Å². The van der Waals surface area contributed by atoms with Gasteiger partial charge in [0.2, 0.25) is 5.91 Å². The Morgan fingerprint density at radius 1 is 1.45 bits per heavy atom. The van der Waals surface area contributed by atoms with Gasteiger partial charge in [0.25, 0.3) is 0 Å². The largest absolute Gasteiger partial charge is 0.409 e. The van der Waals surface area contributed by atoms with E-state index in [4.69, 9.17) is 10.9 Å². The van der Waals surface area contributed by atoms with Gasteiger partial charge in [-0.2, -0.15) is 0 Å². The van der Waals surface area contributed by atoms with Crippen molar-refractivity contribution in [1.29, 1.82) is 0 Å². The maximum atomic E-state index is 12.5. The van der Waals surface area contributed by atoms with Crippen LogP contribution >= 0.6 is 0 Å². The minimum atomic E-state index is -0.822. The molecule has 20 heavy (non-hydrogen) atoms. The smallest absolute Gasteiger partial charge is 0.234 e. The normalized spacial score (nSPS) is 18.9. The van der Waals surface area contributed by atoms with E-state index in [0.29, 0.717) is 12.8 Å². The van der Waals surface area contributed by atoms with E-state index in [9.17, 15) is 4.79 Å². The van der Waals surface area contributed by atoms with Gasteiger partial charge in [0.15, 0.2) is 5.84 Å². The van der Waals surface area contributed by atoms with Crippen molar-refractivity contribution < 1.29 is 10.0 Å². The summed E-state index contributed by atoms with van der Waals surface area (Å²) in [4.78, 5) is 12.5. The Hall–Kier alpha value is -2.04. The summed E-state index contributed by atoms with van der Waals surface area (Å²) < 4.78 is 0. The first-order valence-electron chi connectivity index (χ1n) is 6.98. The second-order valence-corrected chi connectivity index (χ2v) is 5.27. The number of amides is 1. The van der Waals surface area contributed by atoms with Gasteiger partial charge in [-0.25, -0.2) is 0 Å². The SMILES string of the molecule is CCC(NC(=O)C1(/C(N)=N/O)CCC1)c1ccccc1. The first-order chi connectivity index (χ1) is 9.64. The lowest BCUT2D eigenvalue weighted by atomic mass is 9.67. The van der Waals surface area contributed by atoms with Crippen LogP contribution in [-0.4, -0.2) is 17.0 Å². The summed E-state index contributed by atoms with van der Waals surface area (Å²) in [5.74, 6) is -0.126. The van der Waals surface area contributed by atoms with Crippen LogP contribution in [0.3, 0.4) is 0 Å². The second-order valence-electron chi connectivity index (χ2n) is 5.27. The lowest BCUT2D eigenvalue weighted by Gasteiger charge is -2.39. The lowest BCUT2D eigenvalue weighted by molar-refractivity contribution is -0.131. The van der Waals surface area contributed by atoms with E-state index in [-0.39, 0.29) is 17.8 Å². The summed E-state index contributed by atoms with van der Waals surface area (Å²) in [5.41, 5.74) is 5.95. The number of nitrogens with one attached hydrogen (secondary N) is 1. The molecule has 0 bridgehead atoms. The first kappa shape index (κ1) is 14.4.